The molecule has 0 bridgehead atoms. The molecule has 14 heavy (non-hydrogen) atoms. The first-order chi connectivity index (χ1) is 6.65. The summed E-state index contributed by atoms with van der Waals surface area (Å²) in [4.78, 5) is 13.9. The van der Waals surface area contributed by atoms with Crippen molar-refractivity contribution in [1.29, 1.82) is 0 Å². The summed E-state index contributed by atoms with van der Waals surface area (Å²) in [7, 11) is 0. The predicted molar refractivity (Wildman–Crippen MR) is 55.7 cm³/mol. The van der Waals surface area contributed by atoms with E-state index >= 15 is 0 Å². The van der Waals surface area contributed by atoms with Gasteiger partial charge in [0, 0.05) is 6.04 Å². The van der Waals surface area contributed by atoms with Crippen molar-refractivity contribution < 1.29 is 4.79 Å². The molecule has 1 heterocycles. The first-order valence-electron chi connectivity index (χ1n) is 5.73. The van der Waals surface area contributed by atoms with Crippen LogP contribution in [0.15, 0.2) is 0 Å². The molecule has 1 aliphatic heterocycles. The lowest BCUT2D eigenvalue weighted by Gasteiger charge is -2.21. The quantitative estimate of drug-likeness (QED) is 0.739. The fourth-order valence-corrected chi connectivity index (χ4v) is 2.63. The average Bonchev–Trinajstić information content (AvgIpc) is 2.79. The van der Waals surface area contributed by atoms with Crippen molar-refractivity contribution in [2.75, 3.05) is 0 Å². The van der Waals surface area contributed by atoms with Gasteiger partial charge in [0.2, 0.25) is 5.91 Å². The van der Waals surface area contributed by atoms with Crippen LogP contribution in [0.4, 0.5) is 0 Å². The summed E-state index contributed by atoms with van der Waals surface area (Å²) in [5, 5.41) is 3.28. The molecule has 0 aromatic carbocycles. The van der Waals surface area contributed by atoms with E-state index in [9.17, 15) is 4.79 Å². The summed E-state index contributed by atoms with van der Waals surface area (Å²) in [6, 6.07) is 0.558. The van der Waals surface area contributed by atoms with Gasteiger partial charge < -0.3 is 4.90 Å². The number of nitrogens with zero attached hydrogens (tertiary/aromatic N) is 1. The van der Waals surface area contributed by atoms with Crippen molar-refractivity contribution in [2.24, 2.45) is 5.92 Å². The Kier molecular flexibility index (Phi) is 2.52. The minimum Gasteiger partial charge on any atom is -0.323 e. The highest BCUT2D eigenvalue weighted by Gasteiger charge is 2.48. The molecule has 1 saturated carbocycles. The van der Waals surface area contributed by atoms with Crippen LogP contribution in [0.25, 0.3) is 0 Å². The van der Waals surface area contributed by atoms with Crippen molar-refractivity contribution in [3.8, 4) is 0 Å². The first kappa shape index (κ1) is 9.97. The molecule has 3 nitrogen and oxygen atoms in total. The molecule has 2 rings (SSSR count). The Balaban J connectivity index is 1.95. The van der Waals surface area contributed by atoms with E-state index in [-0.39, 0.29) is 12.2 Å². The van der Waals surface area contributed by atoms with E-state index in [0.717, 1.165) is 5.92 Å². The number of carbonyl (C=O) groups excluding carboxylic acids is 1. The third-order valence-electron chi connectivity index (χ3n) is 3.44. The van der Waals surface area contributed by atoms with Crippen LogP contribution in [0.2, 0.25) is 0 Å². The molecule has 80 valence electrons. The molecular weight excluding hydrogens is 176 g/mol. The van der Waals surface area contributed by atoms with Crippen LogP contribution < -0.4 is 5.32 Å². The van der Waals surface area contributed by atoms with Crippen LogP contribution in [0.5, 0.6) is 0 Å². The second kappa shape index (κ2) is 3.54. The maximum absolute atomic E-state index is 11.8. The summed E-state index contributed by atoms with van der Waals surface area (Å²) < 4.78 is 0. The summed E-state index contributed by atoms with van der Waals surface area (Å²) in [6.45, 7) is 6.25. The highest BCUT2D eigenvalue weighted by molar-refractivity contribution is 5.84. The van der Waals surface area contributed by atoms with Gasteiger partial charge >= 0.3 is 0 Å². The molecule has 2 fully saturated rings. The summed E-state index contributed by atoms with van der Waals surface area (Å²) in [5.74, 6) is 1.07. The number of rotatable bonds is 3. The van der Waals surface area contributed by atoms with Gasteiger partial charge in [-0.05, 0) is 32.6 Å². The van der Waals surface area contributed by atoms with Gasteiger partial charge in [0.15, 0.2) is 0 Å². The Morgan fingerprint density at radius 1 is 1.50 bits per heavy atom. The van der Waals surface area contributed by atoms with E-state index < -0.39 is 0 Å². The molecule has 0 spiro atoms. The molecule has 1 N–H and O–H groups in total. The third-order valence-corrected chi connectivity index (χ3v) is 3.44. The second-order valence-corrected chi connectivity index (χ2v) is 4.66. The summed E-state index contributed by atoms with van der Waals surface area (Å²) in [6.07, 6.45) is 3.97. The van der Waals surface area contributed by atoms with Gasteiger partial charge in [-0.25, -0.2) is 0 Å². The average molecular weight is 196 g/mol. The number of amides is 1. The first-order valence-corrected chi connectivity index (χ1v) is 5.73. The van der Waals surface area contributed by atoms with E-state index in [1.54, 1.807) is 0 Å². The van der Waals surface area contributed by atoms with Crippen LogP contribution in [0, 0.1) is 5.92 Å². The number of nitrogens with one attached hydrogen (secondary N) is 1. The van der Waals surface area contributed by atoms with Gasteiger partial charge in [0.25, 0.3) is 0 Å². The smallest absolute Gasteiger partial charge is 0.240 e. The molecule has 0 aromatic heterocycles. The summed E-state index contributed by atoms with van der Waals surface area (Å²) >= 11 is 0. The Hall–Kier alpha value is -0.570. The maximum atomic E-state index is 11.8. The molecule has 4 unspecified atom stereocenters. The number of hydrogen-bond donors (Lipinski definition) is 1. The van der Waals surface area contributed by atoms with E-state index in [2.05, 4.69) is 24.1 Å². The van der Waals surface area contributed by atoms with Gasteiger partial charge in [-0.3, -0.25) is 10.1 Å². The second-order valence-electron chi connectivity index (χ2n) is 4.66. The van der Waals surface area contributed by atoms with E-state index in [0.29, 0.717) is 11.9 Å². The zero-order chi connectivity index (χ0) is 10.3. The van der Waals surface area contributed by atoms with E-state index in [4.69, 9.17) is 0 Å². The van der Waals surface area contributed by atoms with Crippen molar-refractivity contribution in [3.05, 3.63) is 0 Å². The fourth-order valence-electron chi connectivity index (χ4n) is 2.63. The molecule has 0 aromatic rings. The van der Waals surface area contributed by atoms with Crippen molar-refractivity contribution >= 4 is 5.91 Å². The number of hydrogen-bond acceptors (Lipinski definition) is 2. The lowest BCUT2D eigenvalue weighted by molar-refractivity contribution is -0.130. The molecule has 1 amide bonds. The summed E-state index contributed by atoms with van der Waals surface area (Å²) in [5.41, 5.74) is 0. The lowest BCUT2D eigenvalue weighted by Crippen LogP contribution is -2.37. The van der Waals surface area contributed by atoms with Crippen LogP contribution in [-0.4, -0.2) is 29.1 Å². The molecular formula is C11H20N2O. The molecule has 0 radical (unpaired) electrons. The molecule has 2 aliphatic rings. The van der Waals surface area contributed by atoms with Gasteiger partial charge in [0.05, 0.1) is 12.2 Å². The molecule has 1 saturated heterocycles. The maximum Gasteiger partial charge on any atom is 0.240 e. The van der Waals surface area contributed by atoms with Crippen LogP contribution in [0.3, 0.4) is 0 Å². The Morgan fingerprint density at radius 3 is 2.71 bits per heavy atom. The van der Waals surface area contributed by atoms with Gasteiger partial charge in [-0.15, -0.1) is 0 Å². The minimum atomic E-state index is 0.0212. The SMILES string of the molecule is CCCC1CC1N1C(=O)C(C)NC1C. The highest BCUT2D eigenvalue weighted by Crippen LogP contribution is 2.41. The predicted octanol–water partition coefficient (Wildman–Crippen LogP) is 1.34. The third kappa shape index (κ3) is 1.54. The zero-order valence-electron chi connectivity index (χ0n) is 9.29. The van der Waals surface area contributed by atoms with Crippen molar-refractivity contribution in [2.45, 2.75) is 58.3 Å². The number of carbonyl (C=O) groups is 1. The van der Waals surface area contributed by atoms with Crippen LogP contribution in [0.1, 0.15) is 40.0 Å². The van der Waals surface area contributed by atoms with E-state index in [1.165, 1.54) is 19.3 Å². The monoisotopic (exact) mass is 196 g/mol. The van der Waals surface area contributed by atoms with Gasteiger partial charge in [0.1, 0.15) is 0 Å². The van der Waals surface area contributed by atoms with Crippen molar-refractivity contribution in [1.82, 2.24) is 10.2 Å². The molecule has 3 heteroatoms. The van der Waals surface area contributed by atoms with Crippen LogP contribution >= 0.6 is 0 Å². The normalized spacial score (nSPS) is 41.9. The Labute approximate surface area is 85.8 Å². The minimum absolute atomic E-state index is 0.0212. The van der Waals surface area contributed by atoms with Crippen LogP contribution in [-0.2, 0) is 4.79 Å². The highest BCUT2D eigenvalue weighted by atomic mass is 16.2. The largest absolute Gasteiger partial charge is 0.323 e. The zero-order valence-corrected chi connectivity index (χ0v) is 9.29. The van der Waals surface area contributed by atoms with Gasteiger partial charge in [-0.1, -0.05) is 13.3 Å². The molecule has 1 aliphatic carbocycles. The standard InChI is InChI=1S/C11H20N2O/c1-4-5-9-6-10(9)13-8(3)12-7(2)11(13)14/h7-10,12H,4-6H2,1-3H3. The van der Waals surface area contributed by atoms with Crippen molar-refractivity contribution in [3.63, 3.8) is 0 Å². The van der Waals surface area contributed by atoms with Gasteiger partial charge in [-0.2, -0.15) is 0 Å². The topological polar surface area (TPSA) is 32.3 Å². The lowest BCUT2D eigenvalue weighted by atomic mass is 10.2. The molecule has 4 atom stereocenters. The fraction of sp³-hybridized carbons (Fsp3) is 0.909. The van der Waals surface area contributed by atoms with E-state index in [1.807, 2.05) is 6.92 Å². The Morgan fingerprint density at radius 2 is 2.21 bits per heavy atom. The Bertz CT molecular complexity index is 241.